The lowest BCUT2D eigenvalue weighted by Crippen LogP contribution is -2.18. The van der Waals surface area contributed by atoms with Crippen LogP contribution in [0.2, 0.25) is 0 Å². The highest BCUT2D eigenvalue weighted by molar-refractivity contribution is 7.92. The van der Waals surface area contributed by atoms with Gasteiger partial charge in [-0.05, 0) is 70.3 Å². The van der Waals surface area contributed by atoms with Gasteiger partial charge in [-0.15, -0.1) is 0 Å². The molecule has 0 amide bonds. The third kappa shape index (κ3) is 5.91. The largest absolute Gasteiger partial charge is 0.507 e. The average molecular weight is 532 g/mol. The monoisotopic (exact) mass is 531 g/mol. The minimum Gasteiger partial charge on any atom is -0.507 e. The van der Waals surface area contributed by atoms with Gasteiger partial charge in [-0.2, -0.15) is 8.42 Å². The van der Waals surface area contributed by atoms with Crippen molar-refractivity contribution in [1.82, 2.24) is 0 Å². The molecule has 0 radical (unpaired) electrons. The van der Waals surface area contributed by atoms with Crippen molar-refractivity contribution in [2.24, 2.45) is 0 Å². The van der Waals surface area contributed by atoms with Gasteiger partial charge in [0.25, 0.3) is 20.1 Å². The molecular formula is C27H33NO6S2. The molecular weight excluding hydrogens is 498 g/mol. The van der Waals surface area contributed by atoms with Crippen molar-refractivity contribution in [2.75, 3.05) is 4.72 Å². The molecule has 0 aliphatic carbocycles. The molecule has 0 spiro atoms. The second kappa shape index (κ2) is 9.21. The zero-order chi connectivity index (χ0) is 27.3. The predicted octanol–water partition coefficient (Wildman–Crippen LogP) is 6.01. The Labute approximate surface area is 214 Å². The van der Waals surface area contributed by atoms with E-state index in [1.54, 1.807) is 31.2 Å². The van der Waals surface area contributed by atoms with Crippen LogP contribution in [0.4, 0.5) is 5.69 Å². The smallest absolute Gasteiger partial charge is 0.294 e. The first-order chi connectivity index (χ1) is 16.3. The third-order valence-corrected chi connectivity index (χ3v) is 8.29. The molecule has 194 valence electrons. The van der Waals surface area contributed by atoms with E-state index in [9.17, 15) is 26.5 Å². The lowest BCUT2D eigenvalue weighted by atomic mass is 9.85. The van der Waals surface area contributed by atoms with E-state index in [0.29, 0.717) is 16.7 Å². The molecule has 0 unspecified atom stereocenters. The first-order valence-electron chi connectivity index (χ1n) is 11.4. The maximum atomic E-state index is 13.6. The fourth-order valence-corrected chi connectivity index (χ4v) is 5.48. The Kier molecular flexibility index (Phi) is 7.09. The summed E-state index contributed by atoms with van der Waals surface area (Å²) in [4.78, 5) is -0.558. The maximum Gasteiger partial charge on any atom is 0.294 e. The molecule has 7 nitrogen and oxygen atoms in total. The van der Waals surface area contributed by atoms with Gasteiger partial charge in [0.15, 0.2) is 0 Å². The molecule has 3 N–H and O–H groups in total. The van der Waals surface area contributed by atoms with E-state index in [4.69, 9.17) is 0 Å². The Balaban J connectivity index is 2.25. The highest BCUT2D eigenvalue weighted by Crippen LogP contribution is 2.38. The molecule has 36 heavy (non-hydrogen) atoms. The summed E-state index contributed by atoms with van der Waals surface area (Å²) in [5, 5.41) is 10.4. The first kappa shape index (κ1) is 27.7. The van der Waals surface area contributed by atoms with Crippen molar-refractivity contribution in [3.63, 3.8) is 0 Å². The lowest BCUT2D eigenvalue weighted by molar-refractivity contribution is 0.457. The van der Waals surface area contributed by atoms with Gasteiger partial charge in [-0.1, -0.05) is 65.8 Å². The quantitative estimate of drug-likeness (QED) is 0.347. The Morgan fingerprint density at radius 1 is 0.722 bits per heavy atom. The summed E-state index contributed by atoms with van der Waals surface area (Å²) in [6.45, 7) is 13.6. The number of nitrogens with one attached hydrogen (secondary N) is 1. The molecule has 0 aliphatic heterocycles. The van der Waals surface area contributed by atoms with Crippen LogP contribution in [0.5, 0.6) is 5.75 Å². The summed E-state index contributed by atoms with van der Waals surface area (Å²) in [5.41, 5.74) is 2.71. The summed E-state index contributed by atoms with van der Waals surface area (Å²) in [7, 11) is -8.71. The van der Waals surface area contributed by atoms with Crippen LogP contribution in [-0.2, 0) is 31.0 Å². The fraction of sp³-hybridized carbons (Fsp3) is 0.333. The summed E-state index contributed by atoms with van der Waals surface area (Å²) in [6, 6.07) is 13.9. The van der Waals surface area contributed by atoms with Crippen LogP contribution in [0.1, 0.15) is 58.2 Å². The molecule has 0 fully saturated rings. The normalized spacial score (nSPS) is 13.0. The summed E-state index contributed by atoms with van der Waals surface area (Å²) in [6.07, 6.45) is 0. The second-order valence-electron chi connectivity index (χ2n) is 11.0. The number of rotatable bonds is 5. The van der Waals surface area contributed by atoms with Crippen LogP contribution in [0, 0.1) is 6.92 Å². The van der Waals surface area contributed by atoms with Crippen LogP contribution < -0.4 is 4.72 Å². The number of aryl methyl sites for hydroxylation is 1. The van der Waals surface area contributed by atoms with Gasteiger partial charge in [0.05, 0.1) is 10.6 Å². The van der Waals surface area contributed by atoms with E-state index in [1.807, 2.05) is 47.6 Å². The van der Waals surface area contributed by atoms with Crippen molar-refractivity contribution < 1.29 is 26.5 Å². The van der Waals surface area contributed by atoms with Crippen molar-refractivity contribution >= 4 is 25.8 Å². The zero-order valence-electron chi connectivity index (χ0n) is 21.5. The molecule has 0 bridgehead atoms. The van der Waals surface area contributed by atoms with Crippen LogP contribution in [0.3, 0.4) is 0 Å². The van der Waals surface area contributed by atoms with Crippen molar-refractivity contribution in [1.29, 1.82) is 0 Å². The van der Waals surface area contributed by atoms with E-state index in [-0.39, 0.29) is 32.1 Å². The third-order valence-electron chi connectivity index (χ3n) is 6.04. The van der Waals surface area contributed by atoms with E-state index in [1.165, 1.54) is 24.3 Å². The zero-order valence-corrected chi connectivity index (χ0v) is 23.2. The molecule has 0 saturated heterocycles. The number of anilines is 1. The van der Waals surface area contributed by atoms with E-state index in [0.717, 1.165) is 11.1 Å². The van der Waals surface area contributed by atoms with Crippen molar-refractivity contribution in [2.45, 2.75) is 69.1 Å². The molecule has 3 rings (SSSR count). The van der Waals surface area contributed by atoms with Crippen LogP contribution >= 0.6 is 0 Å². The lowest BCUT2D eigenvalue weighted by Gasteiger charge is -2.23. The molecule has 0 saturated carbocycles. The molecule has 3 aromatic rings. The summed E-state index contributed by atoms with van der Waals surface area (Å²) < 4.78 is 62.8. The Bertz CT molecular complexity index is 1530. The number of benzene rings is 3. The van der Waals surface area contributed by atoms with Gasteiger partial charge in [0, 0.05) is 5.56 Å². The highest BCUT2D eigenvalue weighted by atomic mass is 32.2. The number of hydrogen-bond donors (Lipinski definition) is 3. The molecule has 9 heteroatoms. The molecule has 0 aromatic heterocycles. The van der Waals surface area contributed by atoms with Gasteiger partial charge in [-0.25, -0.2) is 8.42 Å². The van der Waals surface area contributed by atoms with Gasteiger partial charge in [0.1, 0.15) is 10.6 Å². The van der Waals surface area contributed by atoms with Crippen LogP contribution in [0.25, 0.3) is 11.1 Å². The number of phenolic OH excluding ortho intramolecular Hbond substituents is 1. The number of hydrogen-bond acceptors (Lipinski definition) is 5. The minimum absolute atomic E-state index is 0.221. The number of phenols is 1. The topological polar surface area (TPSA) is 121 Å². The van der Waals surface area contributed by atoms with E-state index < -0.39 is 20.1 Å². The molecule has 0 aliphatic rings. The summed E-state index contributed by atoms with van der Waals surface area (Å²) in [5.74, 6) is -0.381. The van der Waals surface area contributed by atoms with Crippen LogP contribution in [-0.4, -0.2) is 26.5 Å². The van der Waals surface area contributed by atoms with Crippen LogP contribution in [0.15, 0.2) is 64.4 Å². The SMILES string of the molecule is Cc1ccc(S(=O)(=O)O)cc1-c1ccc(C(C)(C)C)cc1NS(=O)(=O)c1cc(C(C)(C)C)ccc1O. The van der Waals surface area contributed by atoms with E-state index >= 15 is 0 Å². The van der Waals surface area contributed by atoms with E-state index in [2.05, 4.69) is 4.72 Å². The average Bonchev–Trinajstić information content (AvgIpc) is 2.72. The Hall–Kier alpha value is -2.88. The van der Waals surface area contributed by atoms with Gasteiger partial charge in [-0.3, -0.25) is 9.27 Å². The van der Waals surface area contributed by atoms with Gasteiger partial charge < -0.3 is 5.11 Å². The second-order valence-corrected chi connectivity index (χ2v) is 14.1. The molecule has 3 aromatic carbocycles. The predicted molar refractivity (Wildman–Crippen MR) is 143 cm³/mol. The van der Waals surface area contributed by atoms with Gasteiger partial charge in [0.2, 0.25) is 0 Å². The Morgan fingerprint density at radius 3 is 1.83 bits per heavy atom. The Morgan fingerprint density at radius 2 is 1.28 bits per heavy atom. The fourth-order valence-electron chi connectivity index (χ4n) is 3.78. The standard InChI is InChI=1S/C27H33NO6S2/c1-17-8-11-20(36(32,33)34)16-22(17)21-12-9-18(26(2,3)4)14-23(21)28-35(30,31)25-15-19(27(5,6)7)10-13-24(25)29/h8-16,28-29H,1-7H3,(H,32,33,34). The summed E-state index contributed by atoms with van der Waals surface area (Å²) >= 11 is 0. The van der Waals surface area contributed by atoms with Gasteiger partial charge >= 0.3 is 0 Å². The number of sulfonamides is 1. The van der Waals surface area contributed by atoms with Crippen molar-refractivity contribution in [3.05, 3.63) is 71.3 Å². The number of aromatic hydroxyl groups is 1. The molecule has 0 heterocycles. The maximum absolute atomic E-state index is 13.6. The molecule has 0 atom stereocenters. The minimum atomic E-state index is -4.47. The highest BCUT2D eigenvalue weighted by Gasteiger charge is 2.26. The van der Waals surface area contributed by atoms with Crippen molar-refractivity contribution in [3.8, 4) is 16.9 Å². The first-order valence-corrected chi connectivity index (χ1v) is 14.3.